The summed E-state index contributed by atoms with van der Waals surface area (Å²) < 4.78 is 7.60. The average Bonchev–Trinajstić information content (AvgIpc) is 3.30. The summed E-state index contributed by atoms with van der Waals surface area (Å²) in [6.07, 6.45) is 3.58. The van der Waals surface area contributed by atoms with Crippen molar-refractivity contribution in [3.63, 3.8) is 0 Å². The molecule has 1 N–H and O–H groups in total. The van der Waals surface area contributed by atoms with Crippen LogP contribution < -0.4 is 5.32 Å². The van der Waals surface area contributed by atoms with Crippen LogP contribution in [0.25, 0.3) is 11.5 Å². The van der Waals surface area contributed by atoms with Gasteiger partial charge < -0.3 is 14.3 Å². The van der Waals surface area contributed by atoms with Gasteiger partial charge in [-0.2, -0.15) is 0 Å². The van der Waals surface area contributed by atoms with E-state index >= 15 is 0 Å². The van der Waals surface area contributed by atoms with E-state index in [0.717, 1.165) is 15.6 Å². The van der Waals surface area contributed by atoms with Crippen molar-refractivity contribution in [2.45, 2.75) is 17.0 Å². The first-order valence-corrected chi connectivity index (χ1v) is 9.99. The Hall–Kier alpha value is -3.03. The number of imidazole rings is 1. The Morgan fingerprint density at radius 1 is 1.21 bits per heavy atom. The number of oxazole rings is 1. The van der Waals surface area contributed by atoms with Crippen molar-refractivity contribution in [1.82, 2.24) is 14.5 Å². The van der Waals surface area contributed by atoms with Crippen LogP contribution in [0.1, 0.15) is 16.2 Å². The number of rotatable bonds is 5. The SMILES string of the molecule is Cc1oc(-c2ccccc2)nc1C(=O)Nc1cc(Cl)ccc1Sc1nccn1C. The quantitative estimate of drug-likeness (QED) is 0.461. The molecule has 0 atom stereocenters. The Balaban J connectivity index is 1.61. The molecule has 0 aliphatic carbocycles. The van der Waals surface area contributed by atoms with Gasteiger partial charge in [0.2, 0.25) is 5.89 Å². The molecule has 4 aromatic rings. The van der Waals surface area contributed by atoms with Gasteiger partial charge in [0.1, 0.15) is 5.76 Å². The monoisotopic (exact) mass is 424 g/mol. The van der Waals surface area contributed by atoms with Crippen molar-refractivity contribution in [3.8, 4) is 11.5 Å². The summed E-state index contributed by atoms with van der Waals surface area (Å²) in [5, 5.41) is 4.22. The summed E-state index contributed by atoms with van der Waals surface area (Å²) in [6.45, 7) is 1.72. The fraction of sp³-hybridized carbons (Fsp3) is 0.0952. The van der Waals surface area contributed by atoms with Crippen LogP contribution in [0, 0.1) is 6.92 Å². The lowest BCUT2D eigenvalue weighted by Gasteiger charge is -2.10. The van der Waals surface area contributed by atoms with E-state index in [0.29, 0.717) is 22.4 Å². The number of anilines is 1. The molecule has 0 saturated carbocycles. The molecule has 0 saturated heterocycles. The number of benzene rings is 2. The van der Waals surface area contributed by atoms with Crippen LogP contribution in [0.15, 0.2) is 75.4 Å². The molecule has 2 aromatic heterocycles. The molecular formula is C21H17ClN4O2S. The van der Waals surface area contributed by atoms with Crippen LogP contribution in [-0.4, -0.2) is 20.4 Å². The lowest BCUT2D eigenvalue weighted by molar-refractivity contribution is 0.102. The van der Waals surface area contributed by atoms with Crippen molar-refractivity contribution >= 4 is 35.0 Å². The Morgan fingerprint density at radius 3 is 2.72 bits per heavy atom. The molecular weight excluding hydrogens is 408 g/mol. The largest absolute Gasteiger partial charge is 0.441 e. The van der Waals surface area contributed by atoms with Crippen molar-refractivity contribution < 1.29 is 9.21 Å². The smallest absolute Gasteiger partial charge is 0.277 e. The van der Waals surface area contributed by atoms with Crippen LogP contribution >= 0.6 is 23.4 Å². The highest BCUT2D eigenvalue weighted by Crippen LogP contribution is 2.34. The van der Waals surface area contributed by atoms with Gasteiger partial charge in [0, 0.05) is 34.9 Å². The normalized spacial score (nSPS) is 10.9. The number of aryl methyl sites for hydroxylation is 2. The molecule has 0 radical (unpaired) electrons. The molecule has 0 unspecified atom stereocenters. The average molecular weight is 425 g/mol. The number of hydrogen-bond donors (Lipinski definition) is 1. The molecule has 29 heavy (non-hydrogen) atoms. The molecule has 2 heterocycles. The highest BCUT2D eigenvalue weighted by Gasteiger charge is 2.20. The van der Waals surface area contributed by atoms with E-state index in [2.05, 4.69) is 15.3 Å². The van der Waals surface area contributed by atoms with E-state index in [9.17, 15) is 4.79 Å². The Kier molecular flexibility index (Phi) is 5.42. The van der Waals surface area contributed by atoms with Crippen molar-refractivity contribution in [2.75, 3.05) is 5.32 Å². The predicted molar refractivity (Wildman–Crippen MR) is 113 cm³/mol. The Morgan fingerprint density at radius 2 is 2.00 bits per heavy atom. The maximum Gasteiger partial charge on any atom is 0.277 e. The highest BCUT2D eigenvalue weighted by molar-refractivity contribution is 7.99. The van der Waals surface area contributed by atoms with Crippen molar-refractivity contribution in [2.24, 2.45) is 7.05 Å². The second kappa shape index (κ2) is 8.14. The molecule has 0 bridgehead atoms. The van der Waals surface area contributed by atoms with Gasteiger partial charge in [-0.15, -0.1) is 0 Å². The van der Waals surface area contributed by atoms with Crippen LogP contribution in [0.2, 0.25) is 5.02 Å². The van der Waals surface area contributed by atoms with Crippen LogP contribution in [0.4, 0.5) is 5.69 Å². The zero-order chi connectivity index (χ0) is 20.4. The van der Waals surface area contributed by atoms with Crippen LogP contribution in [0.3, 0.4) is 0 Å². The second-order valence-electron chi connectivity index (χ2n) is 6.31. The topological polar surface area (TPSA) is 73.0 Å². The number of amides is 1. The molecule has 0 aliphatic rings. The molecule has 8 heteroatoms. The van der Waals surface area contributed by atoms with E-state index in [1.807, 2.05) is 54.2 Å². The standard InChI is InChI=1S/C21H17ClN4O2S/c1-13-18(25-20(28-13)14-6-4-3-5-7-14)19(27)24-16-12-15(22)8-9-17(16)29-21-23-10-11-26(21)2/h3-12H,1-2H3,(H,24,27). The Labute approximate surface area is 176 Å². The molecule has 0 fully saturated rings. The van der Waals surface area contributed by atoms with E-state index in [-0.39, 0.29) is 11.6 Å². The molecule has 6 nitrogen and oxygen atoms in total. The van der Waals surface area contributed by atoms with E-state index < -0.39 is 0 Å². The molecule has 4 rings (SSSR count). The molecule has 2 aromatic carbocycles. The summed E-state index contributed by atoms with van der Waals surface area (Å²) in [6, 6.07) is 14.8. The van der Waals surface area contributed by atoms with E-state index in [1.165, 1.54) is 11.8 Å². The Bertz CT molecular complexity index is 1170. The predicted octanol–water partition coefficient (Wildman–Crippen LogP) is 5.44. The summed E-state index contributed by atoms with van der Waals surface area (Å²) in [4.78, 5) is 22.4. The van der Waals surface area contributed by atoms with Gasteiger partial charge in [-0.05, 0) is 49.0 Å². The number of nitrogens with zero attached hydrogens (tertiary/aromatic N) is 3. The number of nitrogens with one attached hydrogen (secondary N) is 1. The zero-order valence-corrected chi connectivity index (χ0v) is 17.3. The lowest BCUT2D eigenvalue weighted by Crippen LogP contribution is -2.14. The van der Waals surface area contributed by atoms with Crippen molar-refractivity contribution in [3.05, 3.63) is 77.4 Å². The highest BCUT2D eigenvalue weighted by atomic mass is 35.5. The maximum atomic E-state index is 12.9. The first-order valence-electron chi connectivity index (χ1n) is 8.80. The van der Waals surface area contributed by atoms with E-state index in [4.69, 9.17) is 16.0 Å². The number of hydrogen-bond acceptors (Lipinski definition) is 5. The summed E-state index contributed by atoms with van der Waals surface area (Å²) in [5.41, 5.74) is 1.62. The van der Waals surface area contributed by atoms with Gasteiger partial charge in [-0.1, -0.05) is 29.8 Å². The van der Waals surface area contributed by atoms with Gasteiger partial charge in [-0.25, -0.2) is 9.97 Å². The first kappa shape index (κ1) is 19.3. The van der Waals surface area contributed by atoms with Gasteiger partial charge >= 0.3 is 0 Å². The van der Waals surface area contributed by atoms with Crippen LogP contribution in [0.5, 0.6) is 0 Å². The maximum absolute atomic E-state index is 12.9. The van der Waals surface area contributed by atoms with Gasteiger partial charge in [0.15, 0.2) is 10.9 Å². The second-order valence-corrected chi connectivity index (χ2v) is 7.75. The number of carbonyl (C=O) groups excluding carboxylic acids is 1. The summed E-state index contributed by atoms with van der Waals surface area (Å²) in [7, 11) is 1.91. The minimum Gasteiger partial charge on any atom is -0.441 e. The number of carbonyl (C=O) groups is 1. The number of halogens is 1. The molecule has 1 amide bonds. The minimum atomic E-state index is -0.364. The van der Waals surface area contributed by atoms with Gasteiger partial charge in [0.05, 0.1) is 5.69 Å². The third-order valence-corrected chi connectivity index (χ3v) is 5.59. The summed E-state index contributed by atoms with van der Waals surface area (Å²) in [5.74, 6) is 0.487. The minimum absolute atomic E-state index is 0.233. The third kappa shape index (κ3) is 4.21. The van der Waals surface area contributed by atoms with E-state index in [1.54, 1.807) is 25.3 Å². The fourth-order valence-electron chi connectivity index (χ4n) is 2.73. The van der Waals surface area contributed by atoms with Crippen molar-refractivity contribution in [1.29, 1.82) is 0 Å². The number of aromatic nitrogens is 3. The fourth-order valence-corrected chi connectivity index (χ4v) is 3.77. The van der Waals surface area contributed by atoms with Gasteiger partial charge in [-0.3, -0.25) is 4.79 Å². The summed E-state index contributed by atoms with van der Waals surface area (Å²) >= 11 is 7.59. The molecule has 0 aliphatic heterocycles. The zero-order valence-electron chi connectivity index (χ0n) is 15.7. The third-order valence-electron chi connectivity index (χ3n) is 4.20. The lowest BCUT2D eigenvalue weighted by atomic mass is 10.2. The first-order chi connectivity index (χ1) is 14.0. The molecule has 0 spiro atoms. The molecule has 146 valence electrons. The van der Waals surface area contributed by atoms with Crippen LogP contribution in [-0.2, 0) is 7.05 Å². The van der Waals surface area contributed by atoms with Gasteiger partial charge in [0.25, 0.3) is 5.91 Å².